The summed E-state index contributed by atoms with van der Waals surface area (Å²) in [5, 5.41) is 7.08. The number of rotatable bonds is 6. The summed E-state index contributed by atoms with van der Waals surface area (Å²) in [5.41, 5.74) is 17.3. The molecule has 0 saturated carbocycles. The normalized spacial score (nSPS) is 12.9. The fourth-order valence-electron chi connectivity index (χ4n) is 9.99. The minimum atomic E-state index is -0.126. The fraction of sp³-hybridized carbons (Fsp3) is 0.0508. The van der Waals surface area contributed by atoms with E-state index in [0.717, 1.165) is 50.1 Å². The second-order valence-electron chi connectivity index (χ2n) is 16.9. The van der Waals surface area contributed by atoms with Crippen LogP contribution in [0.4, 0.5) is 17.1 Å². The van der Waals surface area contributed by atoms with E-state index in [2.05, 4.69) is 231 Å². The maximum absolute atomic E-state index is 7.08. The molecule has 0 radical (unpaired) electrons. The molecule has 1 aliphatic carbocycles. The van der Waals surface area contributed by atoms with Crippen molar-refractivity contribution in [3.8, 4) is 44.5 Å². The SMILES string of the molecule is CC1(C)c2ccccc2-c2ccc(N(c3ccc(-c4ccccc4)cc3)c3ccc4c(c3)oc3c(-c5ccc(-c6cccc7ccccc67)cc5)c5ccccc5cc34)cc21. The monoisotopic (exact) mass is 779 g/mol. The van der Waals surface area contributed by atoms with Gasteiger partial charge in [-0.3, -0.25) is 0 Å². The summed E-state index contributed by atoms with van der Waals surface area (Å²) < 4.78 is 7.08. The molecule has 2 heteroatoms. The predicted molar refractivity (Wildman–Crippen MR) is 257 cm³/mol. The Morgan fingerprint density at radius 1 is 0.361 bits per heavy atom. The van der Waals surface area contributed by atoms with Crippen LogP contribution in [0, 0.1) is 0 Å². The zero-order valence-corrected chi connectivity index (χ0v) is 34.1. The number of fused-ring (bicyclic) bond motifs is 8. The van der Waals surface area contributed by atoms with Crippen LogP contribution in [-0.4, -0.2) is 0 Å². The summed E-state index contributed by atoms with van der Waals surface area (Å²) in [6, 6.07) is 77.2. The van der Waals surface area contributed by atoms with Crippen LogP contribution in [-0.2, 0) is 5.41 Å². The van der Waals surface area contributed by atoms with Crippen LogP contribution < -0.4 is 4.90 Å². The van der Waals surface area contributed by atoms with Gasteiger partial charge in [0.05, 0.1) is 0 Å². The quantitative estimate of drug-likeness (QED) is 0.167. The van der Waals surface area contributed by atoms with Crippen LogP contribution in [0.5, 0.6) is 0 Å². The molecule has 2 nitrogen and oxygen atoms in total. The molecule has 1 aliphatic rings. The Labute approximate surface area is 355 Å². The molecule has 0 saturated heterocycles. The van der Waals surface area contributed by atoms with E-state index in [9.17, 15) is 0 Å². The first-order valence-electron chi connectivity index (χ1n) is 21.2. The van der Waals surface area contributed by atoms with Crippen LogP contribution in [0.3, 0.4) is 0 Å². The highest BCUT2D eigenvalue weighted by atomic mass is 16.3. The van der Waals surface area contributed by atoms with E-state index in [4.69, 9.17) is 4.42 Å². The van der Waals surface area contributed by atoms with Gasteiger partial charge in [-0.1, -0.05) is 178 Å². The first-order chi connectivity index (χ1) is 30.0. The van der Waals surface area contributed by atoms with E-state index in [-0.39, 0.29) is 5.41 Å². The molecule has 0 aliphatic heterocycles. The van der Waals surface area contributed by atoms with Gasteiger partial charge in [0.25, 0.3) is 0 Å². The first-order valence-corrected chi connectivity index (χ1v) is 21.2. The first kappa shape index (κ1) is 35.3. The Balaban J connectivity index is 1.02. The Morgan fingerprint density at radius 2 is 0.951 bits per heavy atom. The molecular formula is C59H41NO. The molecule has 1 heterocycles. The molecule has 0 N–H and O–H groups in total. The Hall–Kier alpha value is -7.68. The molecule has 1 aromatic heterocycles. The van der Waals surface area contributed by atoms with Crippen molar-refractivity contribution in [2.45, 2.75) is 19.3 Å². The summed E-state index contributed by atoms with van der Waals surface area (Å²) in [6.45, 7) is 4.69. The van der Waals surface area contributed by atoms with E-state index < -0.39 is 0 Å². The standard InChI is InChI=1S/C59H41NO/c1-59(2)54-22-11-10-20-50(54)51-33-31-45(36-55(51)59)60(44-29-27-39(28-30-44)38-13-4-3-5-14-38)46-32-34-52-53-35-43-16-7-9-19-49(43)57(58(53)61-56(52)37-46)42-25-23-41(24-26-42)48-21-12-17-40-15-6-8-18-47(40)48/h3-37H,1-2H3. The van der Waals surface area contributed by atoms with Gasteiger partial charge in [0.1, 0.15) is 11.2 Å². The number of anilines is 3. The van der Waals surface area contributed by atoms with Gasteiger partial charge in [-0.05, 0) is 114 Å². The van der Waals surface area contributed by atoms with Gasteiger partial charge in [0.15, 0.2) is 0 Å². The third-order valence-corrected chi connectivity index (χ3v) is 13.1. The third-order valence-electron chi connectivity index (χ3n) is 13.1. The second kappa shape index (κ2) is 13.7. The molecule has 0 fully saturated rings. The van der Waals surface area contributed by atoms with Crippen molar-refractivity contribution in [3.05, 3.63) is 223 Å². The average Bonchev–Trinajstić information content (AvgIpc) is 3.79. The lowest BCUT2D eigenvalue weighted by molar-refractivity contribution is 0.660. The van der Waals surface area contributed by atoms with Crippen molar-refractivity contribution in [3.63, 3.8) is 0 Å². The molecule has 0 spiro atoms. The average molecular weight is 780 g/mol. The van der Waals surface area contributed by atoms with Crippen molar-refractivity contribution >= 4 is 60.5 Å². The smallest absolute Gasteiger partial charge is 0.143 e. The van der Waals surface area contributed by atoms with Gasteiger partial charge in [-0.2, -0.15) is 0 Å². The van der Waals surface area contributed by atoms with Crippen molar-refractivity contribution in [2.75, 3.05) is 4.90 Å². The minimum absolute atomic E-state index is 0.126. The van der Waals surface area contributed by atoms with Gasteiger partial charge < -0.3 is 9.32 Å². The molecule has 0 unspecified atom stereocenters. The summed E-state index contributed by atoms with van der Waals surface area (Å²) >= 11 is 0. The number of hydrogen-bond acceptors (Lipinski definition) is 2. The van der Waals surface area contributed by atoms with Gasteiger partial charge >= 0.3 is 0 Å². The number of furan rings is 1. The number of benzene rings is 10. The third kappa shape index (κ3) is 5.64. The molecule has 0 amide bonds. The van der Waals surface area contributed by atoms with Crippen LogP contribution in [0.25, 0.3) is 88.0 Å². The zero-order valence-electron chi connectivity index (χ0n) is 34.1. The predicted octanol–water partition coefficient (Wildman–Crippen LogP) is 16.7. The molecule has 61 heavy (non-hydrogen) atoms. The van der Waals surface area contributed by atoms with Crippen LogP contribution in [0.2, 0.25) is 0 Å². The lowest BCUT2D eigenvalue weighted by Gasteiger charge is -2.28. The van der Waals surface area contributed by atoms with E-state index in [1.165, 1.54) is 66.1 Å². The summed E-state index contributed by atoms with van der Waals surface area (Å²) in [6.07, 6.45) is 0. The Bertz CT molecular complexity index is 3480. The number of nitrogens with zero attached hydrogens (tertiary/aromatic N) is 1. The van der Waals surface area contributed by atoms with Crippen molar-refractivity contribution in [2.24, 2.45) is 0 Å². The summed E-state index contributed by atoms with van der Waals surface area (Å²) in [7, 11) is 0. The maximum atomic E-state index is 7.08. The second-order valence-corrected chi connectivity index (χ2v) is 16.9. The number of hydrogen-bond donors (Lipinski definition) is 0. The highest BCUT2D eigenvalue weighted by molar-refractivity contribution is 6.18. The Kier molecular flexibility index (Phi) is 7.92. The van der Waals surface area contributed by atoms with Crippen molar-refractivity contribution in [1.29, 1.82) is 0 Å². The molecule has 0 atom stereocenters. The fourth-order valence-corrected chi connectivity index (χ4v) is 9.99. The summed E-state index contributed by atoms with van der Waals surface area (Å²) in [4.78, 5) is 2.38. The molecule has 10 aromatic carbocycles. The summed E-state index contributed by atoms with van der Waals surface area (Å²) in [5.74, 6) is 0. The molecule has 0 bridgehead atoms. The van der Waals surface area contributed by atoms with Gasteiger partial charge in [0.2, 0.25) is 0 Å². The highest BCUT2D eigenvalue weighted by Gasteiger charge is 2.35. The van der Waals surface area contributed by atoms with E-state index in [1.807, 2.05) is 0 Å². The van der Waals surface area contributed by atoms with Crippen LogP contribution in [0.15, 0.2) is 217 Å². The van der Waals surface area contributed by atoms with Crippen molar-refractivity contribution < 1.29 is 4.42 Å². The highest BCUT2D eigenvalue weighted by Crippen LogP contribution is 2.51. The van der Waals surface area contributed by atoms with Gasteiger partial charge in [-0.15, -0.1) is 0 Å². The van der Waals surface area contributed by atoms with Crippen LogP contribution >= 0.6 is 0 Å². The molecule has 288 valence electrons. The largest absolute Gasteiger partial charge is 0.455 e. The van der Waals surface area contributed by atoms with Crippen molar-refractivity contribution in [1.82, 2.24) is 0 Å². The van der Waals surface area contributed by atoms with E-state index in [0.29, 0.717) is 0 Å². The van der Waals surface area contributed by atoms with Crippen LogP contribution in [0.1, 0.15) is 25.0 Å². The zero-order chi connectivity index (χ0) is 40.7. The van der Waals surface area contributed by atoms with E-state index >= 15 is 0 Å². The molecule has 11 aromatic rings. The van der Waals surface area contributed by atoms with E-state index in [1.54, 1.807) is 0 Å². The lowest BCUT2D eigenvalue weighted by Crippen LogP contribution is -2.16. The maximum Gasteiger partial charge on any atom is 0.143 e. The van der Waals surface area contributed by atoms with Gasteiger partial charge in [-0.25, -0.2) is 0 Å². The Morgan fingerprint density at radius 3 is 1.79 bits per heavy atom. The van der Waals surface area contributed by atoms with Gasteiger partial charge in [0, 0.05) is 44.9 Å². The topological polar surface area (TPSA) is 16.4 Å². The molecular weight excluding hydrogens is 739 g/mol. The molecule has 12 rings (SSSR count). The minimum Gasteiger partial charge on any atom is -0.455 e. The lowest BCUT2D eigenvalue weighted by atomic mass is 9.82.